The van der Waals surface area contributed by atoms with Crippen molar-refractivity contribution in [2.45, 2.75) is 59.2 Å². The lowest BCUT2D eigenvalue weighted by atomic mass is 10.0. The minimum Gasteiger partial charge on any atom is -0.496 e. The number of methoxy groups -OCH3 is 1. The Morgan fingerprint density at radius 2 is 1.80 bits per heavy atom. The van der Waals surface area contributed by atoms with Crippen molar-refractivity contribution in [1.29, 1.82) is 0 Å². The van der Waals surface area contributed by atoms with Crippen LogP contribution >= 0.6 is 0 Å². The summed E-state index contributed by atoms with van der Waals surface area (Å²) in [6, 6.07) is 7.54. The zero-order chi connectivity index (χ0) is 15.1. The molecular weight excluding hydrogens is 248 g/mol. The molecule has 1 aromatic rings. The number of nitrogens with zero attached hydrogens (tertiary/aromatic N) is 1. The van der Waals surface area contributed by atoms with Gasteiger partial charge in [-0.1, -0.05) is 12.1 Å². The average Bonchev–Trinajstić information content (AvgIpc) is 2.41. The molecule has 1 aromatic carbocycles. The molecule has 0 amide bonds. The van der Waals surface area contributed by atoms with E-state index in [-0.39, 0.29) is 0 Å². The van der Waals surface area contributed by atoms with Gasteiger partial charge in [-0.3, -0.25) is 4.90 Å². The van der Waals surface area contributed by atoms with Gasteiger partial charge in [-0.2, -0.15) is 0 Å². The Hall–Kier alpha value is -1.06. The minimum atomic E-state index is 0.521. The van der Waals surface area contributed by atoms with Crippen molar-refractivity contribution < 1.29 is 4.74 Å². The quantitative estimate of drug-likeness (QED) is 0.793. The summed E-state index contributed by atoms with van der Waals surface area (Å²) in [6.07, 6.45) is 2.07. The van der Waals surface area contributed by atoms with Gasteiger partial charge in [0.25, 0.3) is 0 Å². The summed E-state index contributed by atoms with van der Waals surface area (Å²) < 4.78 is 5.51. The SMILES string of the molecule is COc1ccc(CCCN)cc1CN(C(C)C)C(C)C. The van der Waals surface area contributed by atoms with E-state index >= 15 is 0 Å². The molecule has 1 rings (SSSR count). The second-order valence-electron chi connectivity index (χ2n) is 5.90. The van der Waals surface area contributed by atoms with Crippen LogP contribution in [0.3, 0.4) is 0 Å². The van der Waals surface area contributed by atoms with Gasteiger partial charge in [0.15, 0.2) is 0 Å². The monoisotopic (exact) mass is 278 g/mol. The van der Waals surface area contributed by atoms with Crippen LogP contribution in [-0.4, -0.2) is 30.6 Å². The summed E-state index contributed by atoms with van der Waals surface area (Å²) in [5, 5.41) is 0. The zero-order valence-corrected chi connectivity index (χ0v) is 13.6. The molecule has 0 aliphatic carbocycles. The molecule has 0 bridgehead atoms. The molecule has 0 radical (unpaired) electrons. The van der Waals surface area contributed by atoms with Crippen LogP contribution in [0.2, 0.25) is 0 Å². The summed E-state index contributed by atoms with van der Waals surface area (Å²) in [6.45, 7) is 10.6. The van der Waals surface area contributed by atoms with E-state index in [1.165, 1.54) is 11.1 Å². The number of hydrogen-bond acceptors (Lipinski definition) is 3. The molecule has 20 heavy (non-hydrogen) atoms. The fraction of sp³-hybridized carbons (Fsp3) is 0.647. The lowest BCUT2D eigenvalue weighted by molar-refractivity contribution is 0.164. The van der Waals surface area contributed by atoms with Gasteiger partial charge in [-0.25, -0.2) is 0 Å². The third-order valence-electron chi connectivity index (χ3n) is 3.69. The number of ether oxygens (including phenoxy) is 1. The molecule has 0 saturated carbocycles. The van der Waals surface area contributed by atoms with Gasteiger partial charge in [0, 0.05) is 24.2 Å². The number of nitrogens with two attached hydrogens (primary N) is 1. The number of aryl methyl sites for hydroxylation is 1. The highest BCUT2D eigenvalue weighted by Gasteiger charge is 2.16. The van der Waals surface area contributed by atoms with Gasteiger partial charge >= 0.3 is 0 Å². The van der Waals surface area contributed by atoms with Crippen molar-refractivity contribution in [3.8, 4) is 5.75 Å². The Kier molecular flexibility index (Phi) is 7.03. The fourth-order valence-electron chi connectivity index (χ4n) is 2.58. The summed E-state index contributed by atoms with van der Waals surface area (Å²) in [5.74, 6) is 0.979. The maximum Gasteiger partial charge on any atom is 0.123 e. The van der Waals surface area contributed by atoms with Crippen molar-refractivity contribution in [2.75, 3.05) is 13.7 Å². The third kappa shape index (κ3) is 4.80. The van der Waals surface area contributed by atoms with Crippen molar-refractivity contribution in [3.05, 3.63) is 29.3 Å². The van der Waals surface area contributed by atoms with Gasteiger partial charge < -0.3 is 10.5 Å². The Labute approximate surface area is 124 Å². The first-order chi connectivity index (χ1) is 9.49. The maximum atomic E-state index is 5.60. The van der Waals surface area contributed by atoms with Crippen LogP contribution in [0.25, 0.3) is 0 Å². The van der Waals surface area contributed by atoms with E-state index in [0.717, 1.165) is 31.7 Å². The van der Waals surface area contributed by atoms with Gasteiger partial charge in [0.05, 0.1) is 7.11 Å². The first kappa shape index (κ1) is 17.0. The third-order valence-corrected chi connectivity index (χ3v) is 3.69. The topological polar surface area (TPSA) is 38.5 Å². The molecule has 0 fully saturated rings. The first-order valence-corrected chi connectivity index (χ1v) is 7.61. The van der Waals surface area contributed by atoms with Crippen molar-refractivity contribution in [3.63, 3.8) is 0 Å². The number of benzene rings is 1. The van der Waals surface area contributed by atoms with Crippen LogP contribution in [0, 0.1) is 0 Å². The van der Waals surface area contributed by atoms with Crippen molar-refractivity contribution >= 4 is 0 Å². The highest BCUT2D eigenvalue weighted by Crippen LogP contribution is 2.24. The Morgan fingerprint density at radius 1 is 1.15 bits per heavy atom. The molecule has 0 aromatic heterocycles. The van der Waals surface area contributed by atoms with Crippen LogP contribution in [0.1, 0.15) is 45.2 Å². The first-order valence-electron chi connectivity index (χ1n) is 7.61. The molecule has 2 N–H and O–H groups in total. The highest BCUT2D eigenvalue weighted by atomic mass is 16.5. The van der Waals surface area contributed by atoms with Crippen molar-refractivity contribution in [1.82, 2.24) is 4.90 Å². The Bertz CT molecular complexity index is 394. The summed E-state index contributed by atoms with van der Waals surface area (Å²) in [5.41, 5.74) is 8.21. The van der Waals surface area contributed by atoms with Crippen LogP contribution in [0.15, 0.2) is 18.2 Å². The van der Waals surface area contributed by atoms with Crippen LogP contribution in [0.4, 0.5) is 0 Å². The van der Waals surface area contributed by atoms with Crippen LogP contribution in [-0.2, 0) is 13.0 Å². The van der Waals surface area contributed by atoms with E-state index in [1.54, 1.807) is 7.11 Å². The summed E-state index contributed by atoms with van der Waals surface area (Å²) >= 11 is 0. The van der Waals surface area contributed by atoms with E-state index in [2.05, 4.69) is 50.8 Å². The lowest BCUT2D eigenvalue weighted by Gasteiger charge is -2.31. The molecule has 0 atom stereocenters. The largest absolute Gasteiger partial charge is 0.496 e. The fourth-order valence-corrected chi connectivity index (χ4v) is 2.58. The van der Waals surface area contributed by atoms with Crippen LogP contribution in [0.5, 0.6) is 5.75 Å². The predicted molar refractivity (Wildman–Crippen MR) is 86.2 cm³/mol. The molecule has 3 heteroatoms. The molecule has 0 heterocycles. The predicted octanol–water partition coefficient (Wildman–Crippen LogP) is 3.21. The molecule has 0 aliphatic heterocycles. The van der Waals surface area contributed by atoms with Gasteiger partial charge in [0.2, 0.25) is 0 Å². The molecular formula is C17H30N2O. The molecule has 0 saturated heterocycles. The zero-order valence-electron chi connectivity index (χ0n) is 13.6. The minimum absolute atomic E-state index is 0.521. The molecule has 0 aliphatic rings. The number of rotatable bonds is 8. The summed E-state index contributed by atoms with van der Waals surface area (Å²) in [4.78, 5) is 2.48. The number of hydrogen-bond donors (Lipinski definition) is 1. The second kappa shape index (κ2) is 8.28. The normalized spacial score (nSPS) is 11.7. The van der Waals surface area contributed by atoms with Crippen molar-refractivity contribution in [2.24, 2.45) is 5.73 Å². The Morgan fingerprint density at radius 3 is 2.30 bits per heavy atom. The highest BCUT2D eigenvalue weighted by molar-refractivity contribution is 5.37. The van der Waals surface area contributed by atoms with E-state index < -0.39 is 0 Å². The van der Waals surface area contributed by atoms with Crippen LogP contribution < -0.4 is 10.5 Å². The molecule has 0 unspecified atom stereocenters. The van der Waals surface area contributed by atoms with Gasteiger partial charge in [-0.15, -0.1) is 0 Å². The average molecular weight is 278 g/mol. The molecule has 114 valence electrons. The molecule has 0 spiro atoms. The molecule has 3 nitrogen and oxygen atoms in total. The van der Waals surface area contributed by atoms with E-state index in [9.17, 15) is 0 Å². The maximum absolute atomic E-state index is 5.60. The van der Waals surface area contributed by atoms with Gasteiger partial charge in [0.1, 0.15) is 5.75 Å². The second-order valence-corrected chi connectivity index (χ2v) is 5.90. The van der Waals surface area contributed by atoms with E-state index in [0.29, 0.717) is 12.1 Å². The Balaban J connectivity index is 2.94. The van der Waals surface area contributed by atoms with E-state index in [4.69, 9.17) is 10.5 Å². The van der Waals surface area contributed by atoms with Gasteiger partial charge in [-0.05, 0) is 58.7 Å². The summed E-state index contributed by atoms with van der Waals surface area (Å²) in [7, 11) is 1.74. The standard InChI is InChI=1S/C17H30N2O/c1-13(2)19(14(3)4)12-16-11-15(7-6-10-18)8-9-17(16)20-5/h8-9,11,13-14H,6-7,10,12,18H2,1-5H3. The van der Waals surface area contributed by atoms with E-state index in [1.807, 2.05) is 0 Å². The smallest absolute Gasteiger partial charge is 0.123 e. The lowest BCUT2D eigenvalue weighted by Crippen LogP contribution is -2.36.